The number of sulfonamides is 1. The Balaban J connectivity index is 0.000000176. The van der Waals surface area contributed by atoms with Crippen LogP contribution in [0.2, 0.25) is 0 Å². The third kappa shape index (κ3) is 10.3. The number of rotatable bonds is 7. The van der Waals surface area contributed by atoms with Gasteiger partial charge in [0.2, 0.25) is 10.0 Å². The minimum atomic E-state index is -3.40. The normalized spacial score (nSPS) is 18.9. The lowest BCUT2D eigenvalue weighted by molar-refractivity contribution is 0.0193. The van der Waals surface area contributed by atoms with Gasteiger partial charge in [0.1, 0.15) is 5.60 Å². The predicted molar refractivity (Wildman–Crippen MR) is 279 cm³/mol. The van der Waals surface area contributed by atoms with Gasteiger partial charge < -0.3 is 24.8 Å². The third-order valence-corrected chi connectivity index (χ3v) is 13.7. The van der Waals surface area contributed by atoms with Crippen molar-refractivity contribution >= 4 is 71.2 Å². The number of carbonyl (C=O) groups is 1. The average Bonchev–Trinajstić information content (AvgIpc) is 3.91. The number of amides is 1. The Kier molecular flexibility index (Phi) is 13.1. The molecule has 4 aromatic heterocycles. The maximum atomic E-state index is 12.5. The van der Waals surface area contributed by atoms with Crippen molar-refractivity contribution in [2.75, 3.05) is 47.0 Å². The quantitative estimate of drug-likeness (QED) is 0.157. The van der Waals surface area contributed by atoms with Gasteiger partial charge in [0.05, 0.1) is 28.8 Å². The van der Waals surface area contributed by atoms with Crippen molar-refractivity contribution in [2.45, 2.75) is 78.2 Å². The highest BCUT2D eigenvalue weighted by molar-refractivity contribution is 9.10. The summed E-state index contributed by atoms with van der Waals surface area (Å²) in [7, 11) is -3.40. The van der Waals surface area contributed by atoms with Crippen molar-refractivity contribution in [1.82, 2.24) is 39.4 Å². The van der Waals surface area contributed by atoms with Crippen molar-refractivity contribution in [1.29, 1.82) is 0 Å². The van der Waals surface area contributed by atoms with Crippen molar-refractivity contribution < 1.29 is 17.9 Å². The third-order valence-electron chi connectivity index (χ3n) is 12.6. The molecule has 0 spiro atoms. The summed E-state index contributed by atoms with van der Waals surface area (Å²) in [6.45, 7) is 17.7. The van der Waals surface area contributed by atoms with Crippen molar-refractivity contribution in [3.8, 4) is 33.4 Å². The molecule has 0 unspecified atom stereocenters. The van der Waals surface area contributed by atoms with E-state index in [-0.39, 0.29) is 18.2 Å². The average molecular weight is 1010 g/mol. The molecule has 2 aliphatic heterocycles. The number of hydrogen-bond acceptors (Lipinski definition) is 11. The molecule has 8 aromatic rings. The van der Waals surface area contributed by atoms with Crippen LogP contribution in [-0.2, 0) is 14.8 Å². The van der Waals surface area contributed by atoms with E-state index in [2.05, 4.69) is 127 Å². The van der Waals surface area contributed by atoms with Gasteiger partial charge in [0.15, 0.2) is 11.3 Å². The fourth-order valence-corrected chi connectivity index (χ4v) is 10.6. The van der Waals surface area contributed by atoms with Gasteiger partial charge >= 0.3 is 6.09 Å². The lowest BCUT2D eigenvalue weighted by Gasteiger charge is -2.45. The molecule has 0 saturated carbocycles. The first-order valence-corrected chi connectivity index (χ1v) is 25.9. The SMILES string of the molecule is C[C@@H]1CN(C(=O)OC(C)(C)C)C[C@H](C)N1c1ccc(-c2cnc3c(Br)cnn3c2)cc1.C[C@@H]1CNC[C@H](C)N1c1ccc(-c2cnc3c(-c4ccc(NS(C)(=O)=O)c5ccccc45)cnn3c2)cc1. The van der Waals surface area contributed by atoms with Crippen LogP contribution in [0.25, 0.3) is 55.4 Å². The molecule has 2 saturated heterocycles. The summed E-state index contributed by atoms with van der Waals surface area (Å²) >= 11 is 3.46. The highest BCUT2D eigenvalue weighted by atomic mass is 79.9. The van der Waals surface area contributed by atoms with Crippen LogP contribution in [0.1, 0.15) is 48.5 Å². The number of ether oxygens (including phenoxy) is 1. The van der Waals surface area contributed by atoms with Gasteiger partial charge in [-0.1, -0.05) is 54.6 Å². The Morgan fingerprint density at radius 1 is 0.667 bits per heavy atom. The van der Waals surface area contributed by atoms with Crippen LogP contribution >= 0.6 is 15.9 Å². The number of benzene rings is 4. The Morgan fingerprint density at radius 3 is 1.75 bits per heavy atom. The maximum absolute atomic E-state index is 12.5. The molecule has 17 heteroatoms. The van der Waals surface area contributed by atoms with Crippen LogP contribution in [0.4, 0.5) is 21.9 Å². The number of piperazine rings is 2. The zero-order valence-electron chi connectivity index (χ0n) is 40.1. The number of halogens is 1. The largest absolute Gasteiger partial charge is 0.444 e. The zero-order valence-corrected chi connectivity index (χ0v) is 42.5. The van der Waals surface area contributed by atoms with E-state index >= 15 is 0 Å². The van der Waals surface area contributed by atoms with Gasteiger partial charge in [-0.15, -0.1) is 0 Å². The standard InChI is InChI=1S/C29H30N6O2S.C23H28BrN5O2/c1-19-14-30-15-20(2)35(19)23-10-8-21(9-11-23)22-16-31-29-27(17-32-34(29)18-22)25-12-13-28(33-38(3,36)37)26-7-5-4-6-24(25)26;1-15-12-27(22(30)31-23(3,4)5)13-16(2)29(15)19-8-6-17(7-9-19)18-10-25-21-20(24)11-26-28(21)14-18/h4-13,16-20,30,33H,14-15H2,1-3H3;6-11,14-16H,12-13H2,1-5H3/t19-,20+;15-,16+. The van der Waals surface area contributed by atoms with E-state index in [0.717, 1.165) is 85.0 Å². The molecule has 4 aromatic carbocycles. The van der Waals surface area contributed by atoms with E-state index in [1.165, 1.54) is 5.69 Å². The van der Waals surface area contributed by atoms with E-state index in [1.54, 1.807) is 21.3 Å². The molecule has 2 N–H and O–H groups in total. The van der Waals surface area contributed by atoms with Crippen molar-refractivity contribution in [3.63, 3.8) is 0 Å². The van der Waals surface area contributed by atoms with Crippen LogP contribution in [0.5, 0.6) is 0 Å². The number of nitrogens with zero attached hydrogens (tertiary/aromatic N) is 9. The molecule has 0 bridgehead atoms. The van der Waals surface area contributed by atoms with Crippen molar-refractivity contribution in [3.05, 3.63) is 127 Å². The molecule has 10 rings (SSSR count). The summed E-state index contributed by atoms with van der Waals surface area (Å²) in [5.41, 5.74) is 9.95. The molecule has 0 radical (unpaired) electrons. The Labute approximate surface area is 411 Å². The van der Waals surface area contributed by atoms with E-state index in [0.29, 0.717) is 30.9 Å². The molecule has 2 fully saturated rings. The number of fused-ring (bicyclic) bond motifs is 3. The first-order chi connectivity index (χ1) is 32.9. The summed E-state index contributed by atoms with van der Waals surface area (Å²) < 4.78 is 36.4. The van der Waals surface area contributed by atoms with Gasteiger partial charge in [-0.2, -0.15) is 10.2 Å². The molecule has 69 heavy (non-hydrogen) atoms. The summed E-state index contributed by atoms with van der Waals surface area (Å²) in [4.78, 5) is 28.5. The van der Waals surface area contributed by atoms with Crippen LogP contribution in [0, 0.1) is 0 Å². The second-order valence-corrected chi connectivity index (χ2v) is 21.8. The molecule has 15 nitrogen and oxygen atoms in total. The highest BCUT2D eigenvalue weighted by Gasteiger charge is 2.34. The molecule has 0 aliphatic carbocycles. The molecule has 358 valence electrons. The minimum Gasteiger partial charge on any atom is -0.444 e. The molecule has 6 heterocycles. The lowest BCUT2D eigenvalue weighted by atomic mass is 9.99. The molecule has 2 aliphatic rings. The number of nitrogens with one attached hydrogen (secondary N) is 2. The first-order valence-electron chi connectivity index (χ1n) is 23.2. The monoisotopic (exact) mass is 1010 g/mol. The van der Waals surface area contributed by atoms with E-state index in [4.69, 9.17) is 9.72 Å². The lowest BCUT2D eigenvalue weighted by Crippen LogP contribution is -2.58. The Hall–Kier alpha value is -6.56. The van der Waals surface area contributed by atoms with Gasteiger partial charge in [-0.3, -0.25) is 4.72 Å². The Bertz CT molecular complexity index is 3240. The number of anilines is 3. The molecular formula is C52H58BrN11O4S. The number of aromatic nitrogens is 6. The number of hydrogen-bond donors (Lipinski definition) is 2. The van der Waals surface area contributed by atoms with Gasteiger partial charge in [0.25, 0.3) is 0 Å². The fraction of sp³-hybridized carbons (Fsp3) is 0.327. The summed E-state index contributed by atoms with van der Waals surface area (Å²) in [5, 5.41) is 14.2. The van der Waals surface area contributed by atoms with Crippen LogP contribution < -0.4 is 19.8 Å². The minimum absolute atomic E-state index is 0.182. The van der Waals surface area contributed by atoms with Gasteiger partial charge in [0, 0.05) is 109 Å². The smallest absolute Gasteiger partial charge is 0.410 e. The van der Waals surface area contributed by atoms with Gasteiger partial charge in [-0.25, -0.2) is 32.2 Å². The first kappa shape index (κ1) is 47.5. The predicted octanol–water partition coefficient (Wildman–Crippen LogP) is 9.77. The van der Waals surface area contributed by atoms with E-state index in [9.17, 15) is 13.2 Å². The van der Waals surface area contributed by atoms with Crippen LogP contribution in [-0.4, -0.2) is 111 Å². The van der Waals surface area contributed by atoms with Crippen LogP contribution in [0.15, 0.2) is 127 Å². The molecule has 1 amide bonds. The fourth-order valence-electron chi connectivity index (χ4n) is 9.63. The van der Waals surface area contributed by atoms with Crippen LogP contribution in [0.3, 0.4) is 0 Å². The summed E-state index contributed by atoms with van der Waals surface area (Å²) in [6.07, 6.45) is 12.2. The second-order valence-electron chi connectivity index (χ2n) is 19.2. The van der Waals surface area contributed by atoms with Gasteiger partial charge in [-0.05, 0) is 117 Å². The van der Waals surface area contributed by atoms with E-state index < -0.39 is 15.6 Å². The molecule has 4 atom stereocenters. The summed E-state index contributed by atoms with van der Waals surface area (Å²) in [6, 6.07) is 29.8. The highest BCUT2D eigenvalue weighted by Crippen LogP contribution is 2.36. The van der Waals surface area contributed by atoms with Crippen molar-refractivity contribution in [2.24, 2.45) is 0 Å². The molecular weight excluding hydrogens is 955 g/mol. The topological polar surface area (TPSA) is 155 Å². The van der Waals surface area contributed by atoms with E-state index in [1.807, 2.05) is 87.0 Å². The second kappa shape index (κ2) is 19.1. The summed E-state index contributed by atoms with van der Waals surface area (Å²) in [5.74, 6) is 0. The number of carbonyl (C=O) groups excluding carboxylic acids is 1. The zero-order chi connectivity index (χ0) is 48.8. The Morgan fingerprint density at radius 2 is 1.19 bits per heavy atom. The maximum Gasteiger partial charge on any atom is 0.410 e.